The summed E-state index contributed by atoms with van der Waals surface area (Å²) in [5, 5.41) is 5.72. The minimum atomic E-state index is -0.297. The third-order valence-electron chi connectivity index (χ3n) is 4.91. The van der Waals surface area contributed by atoms with Gasteiger partial charge in [0.25, 0.3) is 5.91 Å². The zero-order valence-electron chi connectivity index (χ0n) is 17.6. The molecule has 0 saturated heterocycles. The molecule has 5 heteroatoms. The molecule has 30 heavy (non-hydrogen) atoms. The number of hydrogen-bond acceptors (Lipinski definition) is 3. The smallest absolute Gasteiger partial charge is 0.251 e. The lowest BCUT2D eigenvalue weighted by Gasteiger charge is -2.14. The maximum atomic E-state index is 12.7. The molecule has 3 aromatic rings. The average molecular weight is 405 g/mol. The number of carbonyl (C=O) groups excluding carboxylic acids is 2. The van der Waals surface area contributed by atoms with Crippen molar-refractivity contribution >= 4 is 17.5 Å². The second-order valence-corrected chi connectivity index (χ2v) is 7.89. The molecule has 1 unspecified atom stereocenters. The molecule has 1 atom stereocenters. The molecule has 0 aliphatic carbocycles. The van der Waals surface area contributed by atoms with Crippen LogP contribution < -0.4 is 10.6 Å². The van der Waals surface area contributed by atoms with Crippen molar-refractivity contribution in [1.29, 1.82) is 0 Å². The Morgan fingerprint density at radius 3 is 2.40 bits per heavy atom. The second kappa shape index (κ2) is 9.92. The Morgan fingerprint density at radius 2 is 1.73 bits per heavy atom. The average Bonchev–Trinajstić information content (AvgIpc) is 3.25. The Kier molecular flexibility index (Phi) is 7.07. The molecule has 1 heterocycles. The maximum absolute atomic E-state index is 12.7. The summed E-state index contributed by atoms with van der Waals surface area (Å²) in [5.74, 6) is 0.645. The summed E-state index contributed by atoms with van der Waals surface area (Å²) in [5.41, 5.74) is 3.31. The van der Waals surface area contributed by atoms with Crippen LogP contribution >= 0.6 is 0 Å². The Balaban J connectivity index is 1.60. The topological polar surface area (TPSA) is 71.3 Å². The Morgan fingerprint density at radius 1 is 0.967 bits per heavy atom. The van der Waals surface area contributed by atoms with Crippen molar-refractivity contribution in [2.45, 2.75) is 39.7 Å². The van der Waals surface area contributed by atoms with E-state index in [9.17, 15) is 9.59 Å². The van der Waals surface area contributed by atoms with Gasteiger partial charge in [0.2, 0.25) is 5.91 Å². The lowest BCUT2D eigenvalue weighted by Crippen LogP contribution is -2.23. The summed E-state index contributed by atoms with van der Waals surface area (Å²) >= 11 is 0. The van der Waals surface area contributed by atoms with Crippen molar-refractivity contribution < 1.29 is 14.0 Å². The standard InChI is InChI=1S/C25H28N2O3/c1-17(2)14-19-9-11-20(12-10-19)18(3)24(28)27-22-7-4-6-21(15-22)25(29)26-16-23-8-5-13-30-23/h4-13,15,17-18H,14,16H2,1-3H3,(H,26,29)(H,27,28). The van der Waals surface area contributed by atoms with Gasteiger partial charge in [-0.1, -0.05) is 44.2 Å². The van der Waals surface area contributed by atoms with Crippen LogP contribution in [0, 0.1) is 5.92 Å². The van der Waals surface area contributed by atoms with Crippen molar-refractivity contribution in [3.8, 4) is 0 Å². The molecule has 0 aliphatic rings. The molecule has 0 spiro atoms. The number of nitrogens with one attached hydrogen (secondary N) is 2. The van der Waals surface area contributed by atoms with Crippen LogP contribution in [0.15, 0.2) is 71.3 Å². The normalized spacial score (nSPS) is 11.9. The van der Waals surface area contributed by atoms with Crippen LogP contribution in [0.2, 0.25) is 0 Å². The van der Waals surface area contributed by atoms with E-state index in [1.165, 1.54) is 5.56 Å². The monoisotopic (exact) mass is 404 g/mol. The van der Waals surface area contributed by atoms with E-state index in [2.05, 4.69) is 36.6 Å². The molecule has 2 amide bonds. The lowest BCUT2D eigenvalue weighted by molar-refractivity contribution is -0.117. The maximum Gasteiger partial charge on any atom is 0.251 e. The number of anilines is 1. The van der Waals surface area contributed by atoms with Crippen molar-refractivity contribution in [3.05, 3.63) is 89.4 Å². The molecule has 3 rings (SSSR count). The molecule has 0 aliphatic heterocycles. The van der Waals surface area contributed by atoms with Crippen LogP contribution in [0.25, 0.3) is 0 Å². The quantitative estimate of drug-likeness (QED) is 0.545. The zero-order chi connectivity index (χ0) is 21.5. The molecule has 0 saturated carbocycles. The van der Waals surface area contributed by atoms with Gasteiger partial charge in [0.05, 0.1) is 18.7 Å². The number of furan rings is 1. The first kappa shape index (κ1) is 21.4. The Hall–Kier alpha value is -3.34. The fourth-order valence-corrected chi connectivity index (χ4v) is 3.24. The van der Waals surface area contributed by atoms with Crippen LogP contribution in [0.5, 0.6) is 0 Å². The van der Waals surface area contributed by atoms with E-state index >= 15 is 0 Å². The number of rotatable bonds is 8. The summed E-state index contributed by atoms with van der Waals surface area (Å²) in [7, 11) is 0. The molecule has 156 valence electrons. The van der Waals surface area contributed by atoms with Crippen LogP contribution in [-0.2, 0) is 17.8 Å². The van der Waals surface area contributed by atoms with E-state index in [4.69, 9.17) is 4.42 Å². The zero-order valence-corrected chi connectivity index (χ0v) is 17.6. The molecule has 0 radical (unpaired) electrons. The highest BCUT2D eigenvalue weighted by Gasteiger charge is 2.16. The molecule has 0 fully saturated rings. The third kappa shape index (κ3) is 5.83. The van der Waals surface area contributed by atoms with Crippen molar-refractivity contribution in [2.24, 2.45) is 5.92 Å². The van der Waals surface area contributed by atoms with Gasteiger partial charge in [-0.2, -0.15) is 0 Å². The fraction of sp³-hybridized carbons (Fsp3) is 0.280. The van der Waals surface area contributed by atoms with E-state index in [1.807, 2.05) is 19.1 Å². The summed E-state index contributed by atoms with van der Waals surface area (Å²) in [6, 6.07) is 18.7. The van der Waals surface area contributed by atoms with Gasteiger partial charge in [-0.15, -0.1) is 0 Å². The van der Waals surface area contributed by atoms with Gasteiger partial charge in [0.15, 0.2) is 0 Å². The van der Waals surface area contributed by atoms with Crippen LogP contribution in [-0.4, -0.2) is 11.8 Å². The van der Waals surface area contributed by atoms with E-state index in [1.54, 1.807) is 42.7 Å². The van der Waals surface area contributed by atoms with Crippen molar-refractivity contribution in [1.82, 2.24) is 5.32 Å². The van der Waals surface area contributed by atoms with Gasteiger partial charge in [0.1, 0.15) is 5.76 Å². The molecular weight excluding hydrogens is 376 g/mol. The first-order valence-corrected chi connectivity index (χ1v) is 10.2. The lowest BCUT2D eigenvalue weighted by atomic mass is 9.96. The molecular formula is C25H28N2O3. The SMILES string of the molecule is CC(C)Cc1ccc(C(C)C(=O)Nc2cccc(C(=O)NCc3ccco3)c2)cc1. The minimum Gasteiger partial charge on any atom is -0.467 e. The van der Waals surface area contributed by atoms with Gasteiger partial charge >= 0.3 is 0 Å². The largest absolute Gasteiger partial charge is 0.467 e. The van der Waals surface area contributed by atoms with Crippen molar-refractivity contribution in [3.63, 3.8) is 0 Å². The van der Waals surface area contributed by atoms with E-state index in [0.29, 0.717) is 29.5 Å². The van der Waals surface area contributed by atoms with Gasteiger partial charge in [-0.25, -0.2) is 0 Å². The minimum absolute atomic E-state index is 0.111. The predicted molar refractivity (Wildman–Crippen MR) is 118 cm³/mol. The summed E-state index contributed by atoms with van der Waals surface area (Å²) in [4.78, 5) is 25.1. The number of benzene rings is 2. The van der Waals surface area contributed by atoms with Crippen LogP contribution in [0.3, 0.4) is 0 Å². The van der Waals surface area contributed by atoms with E-state index < -0.39 is 0 Å². The highest BCUT2D eigenvalue weighted by Crippen LogP contribution is 2.20. The second-order valence-electron chi connectivity index (χ2n) is 7.89. The van der Waals surface area contributed by atoms with Crippen LogP contribution in [0.1, 0.15) is 53.9 Å². The summed E-state index contributed by atoms with van der Waals surface area (Å²) < 4.78 is 5.22. The third-order valence-corrected chi connectivity index (χ3v) is 4.91. The van der Waals surface area contributed by atoms with Crippen LogP contribution in [0.4, 0.5) is 5.69 Å². The first-order chi connectivity index (χ1) is 14.4. The van der Waals surface area contributed by atoms with Gasteiger partial charge in [-0.05, 0) is 60.7 Å². The summed E-state index contributed by atoms with van der Waals surface area (Å²) in [6.45, 7) is 6.57. The number of amides is 2. The van der Waals surface area contributed by atoms with Crippen molar-refractivity contribution in [2.75, 3.05) is 5.32 Å². The van der Waals surface area contributed by atoms with Gasteiger partial charge in [-0.3, -0.25) is 9.59 Å². The molecule has 2 N–H and O–H groups in total. The predicted octanol–water partition coefficient (Wildman–Crippen LogP) is 5.15. The molecule has 0 bridgehead atoms. The number of hydrogen-bond donors (Lipinski definition) is 2. The first-order valence-electron chi connectivity index (χ1n) is 10.2. The molecule has 5 nitrogen and oxygen atoms in total. The molecule has 1 aromatic heterocycles. The number of carbonyl (C=O) groups is 2. The molecule has 2 aromatic carbocycles. The fourth-order valence-electron chi connectivity index (χ4n) is 3.24. The Bertz CT molecular complexity index is 976. The van der Waals surface area contributed by atoms with Gasteiger partial charge < -0.3 is 15.1 Å². The highest BCUT2D eigenvalue weighted by molar-refractivity contribution is 5.98. The van der Waals surface area contributed by atoms with Gasteiger partial charge in [0, 0.05) is 11.3 Å². The Labute approximate surface area is 177 Å². The van der Waals surface area contributed by atoms with E-state index in [-0.39, 0.29) is 17.7 Å². The highest BCUT2D eigenvalue weighted by atomic mass is 16.3. The summed E-state index contributed by atoms with van der Waals surface area (Å²) in [6.07, 6.45) is 2.59. The van der Waals surface area contributed by atoms with E-state index in [0.717, 1.165) is 12.0 Å².